The molecule has 0 radical (unpaired) electrons. The number of hydrogen-bond acceptors (Lipinski definition) is 0. The summed E-state index contributed by atoms with van der Waals surface area (Å²) < 4.78 is 0. The molecule has 2 aromatic carbocycles. The maximum Gasteiger partial charge on any atom is 0.0470 e. The Balaban J connectivity index is 2.09. The second kappa shape index (κ2) is 9.89. The van der Waals surface area contributed by atoms with E-state index in [9.17, 15) is 0 Å². The van der Waals surface area contributed by atoms with Crippen molar-refractivity contribution in [2.24, 2.45) is 0 Å². The average molecular weight is 343 g/mol. The Morgan fingerprint density at radius 3 is 1.71 bits per heavy atom. The van der Waals surface area contributed by atoms with Crippen LogP contribution in [0.3, 0.4) is 0 Å². The molecule has 0 aliphatic heterocycles. The van der Waals surface area contributed by atoms with E-state index in [4.69, 9.17) is 11.6 Å². The summed E-state index contributed by atoms with van der Waals surface area (Å²) in [6.45, 7) is 4.56. The molecule has 0 N–H and O–H groups in total. The van der Waals surface area contributed by atoms with Crippen LogP contribution in [-0.2, 0) is 5.41 Å². The molecule has 2 aromatic rings. The number of alkyl halides is 1. The molecular weight excluding hydrogens is 312 g/mol. The van der Waals surface area contributed by atoms with E-state index in [1.807, 2.05) is 0 Å². The van der Waals surface area contributed by atoms with Gasteiger partial charge in [0.1, 0.15) is 0 Å². The highest BCUT2D eigenvalue weighted by molar-refractivity contribution is 6.21. The van der Waals surface area contributed by atoms with Crippen molar-refractivity contribution >= 4 is 11.6 Å². The molecule has 0 spiro atoms. The quantitative estimate of drug-likeness (QED) is 0.312. The molecule has 1 atom stereocenters. The topological polar surface area (TPSA) is 0 Å². The van der Waals surface area contributed by atoms with Crippen molar-refractivity contribution in [2.75, 3.05) is 0 Å². The fourth-order valence-corrected chi connectivity index (χ4v) is 3.90. The minimum atomic E-state index is -0.145. The third kappa shape index (κ3) is 4.86. The number of unbranched alkanes of at least 4 members (excludes halogenated alkanes) is 5. The van der Waals surface area contributed by atoms with Gasteiger partial charge in [-0.15, -0.1) is 11.6 Å². The summed E-state index contributed by atoms with van der Waals surface area (Å²) in [6, 6.07) is 21.5. The van der Waals surface area contributed by atoms with Gasteiger partial charge in [-0.25, -0.2) is 0 Å². The predicted octanol–water partition coefficient (Wildman–Crippen LogP) is 7.35. The highest BCUT2D eigenvalue weighted by Crippen LogP contribution is 2.40. The normalized spacial score (nSPS) is 13.0. The summed E-state index contributed by atoms with van der Waals surface area (Å²) in [4.78, 5) is 0. The average Bonchev–Trinajstić information content (AvgIpc) is 2.65. The van der Waals surface area contributed by atoms with Crippen molar-refractivity contribution in [2.45, 2.75) is 69.6 Å². The van der Waals surface area contributed by atoms with E-state index >= 15 is 0 Å². The summed E-state index contributed by atoms with van der Waals surface area (Å²) in [5.41, 5.74) is 2.47. The maximum atomic E-state index is 7.00. The second-order valence-corrected chi connectivity index (χ2v) is 7.49. The Morgan fingerprint density at radius 1 is 0.750 bits per heavy atom. The molecule has 0 fully saturated rings. The third-order valence-electron chi connectivity index (χ3n) is 5.18. The van der Waals surface area contributed by atoms with Crippen LogP contribution in [0.1, 0.15) is 69.9 Å². The van der Waals surface area contributed by atoms with E-state index in [1.54, 1.807) is 0 Å². The van der Waals surface area contributed by atoms with Crippen LogP contribution in [-0.4, -0.2) is 5.38 Å². The molecule has 1 unspecified atom stereocenters. The fraction of sp³-hybridized carbons (Fsp3) is 0.478. The van der Waals surface area contributed by atoms with E-state index in [-0.39, 0.29) is 10.8 Å². The van der Waals surface area contributed by atoms with Gasteiger partial charge in [0.2, 0.25) is 0 Å². The van der Waals surface area contributed by atoms with Crippen molar-refractivity contribution in [3.63, 3.8) is 0 Å². The van der Waals surface area contributed by atoms with Gasteiger partial charge in [-0.2, -0.15) is 0 Å². The molecule has 0 aliphatic rings. The molecule has 0 heterocycles. The molecule has 0 bridgehead atoms. The zero-order valence-corrected chi connectivity index (χ0v) is 15.9. The van der Waals surface area contributed by atoms with Gasteiger partial charge in [-0.05, 0) is 24.5 Å². The van der Waals surface area contributed by atoms with Gasteiger partial charge < -0.3 is 0 Å². The van der Waals surface area contributed by atoms with Crippen LogP contribution in [0.4, 0.5) is 0 Å². The Morgan fingerprint density at radius 2 is 1.21 bits per heavy atom. The van der Waals surface area contributed by atoms with Gasteiger partial charge in [0, 0.05) is 10.8 Å². The van der Waals surface area contributed by atoms with Crippen LogP contribution in [0.2, 0.25) is 0 Å². The SMILES string of the molecule is CCCCCCCCC(Cl)C(C)(c1ccccc1)c1ccccc1. The van der Waals surface area contributed by atoms with Crippen LogP contribution < -0.4 is 0 Å². The minimum Gasteiger partial charge on any atom is -0.122 e. The lowest BCUT2D eigenvalue weighted by Crippen LogP contribution is -2.34. The van der Waals surface area contributed by atoms with E-state index in [0.29, 0.717) is 0 Å². The standard InChI is InChI=1S/C23H31Cl/c1-3-4-5-6-7-14-19-22(24)23(2,20-15-10-8-11-16-20)21-17-12-9-13-18-21/h8-13,15-18,22H,3-7,14,19H2,1-2H3. The van der Waals surface area contributed by atoms with E-state index in [1.165, 1.54) is 49.7 Å². The number of benzene rings is 2. The summed E-state index contributed by atoms with van der Waals surface area (Å²) in [5, 5.41) is 0.105. The summed E-state index contributed by atoms with van der Waals surface area (Å²) in [7, 11) is 0. The molecule has 130 valence electrons. The Bertz CT molecular complexity index is 522. The molecule has 0 aliphatic carbocycles. The van der Waals surface area contributed by atoms with Crippen LogP contribution in [0.25, 0.3) is 0 Å². The van der Waals surface area contributed by atoms with Crippen molar-refractivity contribution in [1.29, 1.82) is 0 Å². The largest absolute Gasteiger partial charge is 0.122 e. The van der Waals surface area contributed by atoms with Gasteiger partial charge in [-0.1, -0.05) is 106 Å². The van der Waals surface area contributed by atoms with Crippen molar-refractivity contribution in [3.05, 3.63) is 71.8 Å². The molecule has 2 rings (SSSR count). The summed E-state index contributed by atoms with van der Waals surface area (Å²) >= 11 is 7.00. The smallest absolute Gasteiger partial charge is 0.0470 e. The molecule has 0 nitrogen and oxygen atoms in total. The van der Waals surface area contributed by atoms with Crippen LogP contribution in [0.5, 0.6) is 0 Å². The van der Waals surface area contributed by atoms with E-state index in [0.717, 1.165) is 6.42 Å². The minimum absolute atomic E-state index is 0.105. The molecule has 0 aromatic heterocycles. The van der Waals surface area contributed by atoms with Gasteiger partial charge in [0.25, 0.3) is 0 Å². The van der Waals surface area contributed by atoms with E-state index < -0.39 is 0 Å². The third-order valence-corrected chi connectivity index (χ3v) is 5.84. The molecule has 0 saturated heterocycles. The fourth-order valence-electron chi connectivity index (χ4n) is 3.49. The molecule has 1 heteroatoms. The predicted molar refractivity (Wildman–Crippen MR) is 107 cm³/mol. The Hall–Kier alpha value is -1.27. The first-order chi connectivity index (χ1) is 11.7. The molecule has 24 heavy (non-hydrogen) atoms. The van der Waals surface area contributed by atoms with Crippen LogP contribution in [0, 0.1) is 0 Å². The molecular formula is C23H31Cl. The van der Waals surface area contributed by atoms with Crippen LogP contribution in [0.15, 0.2) is 60.7 Å². The first-order valence-electron chi connectivity index (χ1n) is 9.44. The molecule has 0 saturated carbocycles. The second-order valence-electron chi connectivity index (χ2n) is 6.96. The van der Waals surface area contributed by atoms with Crippen molar-refractivity contribution < 1.29 is 0 Å². The van der Waals surface area contributed by atoms with Gasteiger partial charge in [-0.3, -0.25) is 0 Å². The van der Waals surface area contributed by atoms with Gasteiger partial charge in [0.15, 0.2) is 0 Å². The Labute approximate surface area is 153 Å². The van der Waals surface area contributed by atoms with Crippen LogP contribution >= 0.6 is 11.6 Å². The maximum absolute atomic E-state index is 7.00. The highest BCUT2D eigenvalue weighted by atomic mass is 35.5. The first-order valence-corrected chi connectivity index (χ1v) is 9.88. The first kappa shape index (κ1) is 19.1. The highest BCUT2D eigenvalue weighted by Gasteiger charge is 2.35. The van der Waals surface area contributed by atoms with Crippen molar-refractivity contribution in [3.8, 4) is 0 Å². The summed E-state index contributed by atoms with van der Waals surface area (Å²) in [5.74, 6) is 0. The van der Waals surface area contributed by atoms with Gasteiger partial charge >= 0.3 is 0 Å². The van der Waals surface area contributed by atoms with Gasteiger partial charge in [0.05, 0.1) is 0 Å². The zero-order valence-electron chi connectivity index (χ0n) is 15.2. The lowest BCUT2D eigenvalue weighted by atomic mass is 9.72. The lowest BCUT2D eigenvalue weighted by molar-refractivity contribution is 0.479. The Kier molecular flexibility index (Phi) is 7.85. The number of halogens is 1. The number of hydrogen-bond donors (Lipinski definition) is 0. The monoisotopic (exact) mass is 342 g/mol. The zero-order chi connectivity index (χ0) is 17.3. The number of rotatable bonds is 10. The summed E-state index contributed by atoms with van der Waals surface area (Å²) in [6.07, 6.45) is 8.93. The van der Waals surface area contributed by atoms with E-state index in [2.05, 4.69) is 74.5 Å². The molecule has 0 amide bonds. The lowest BCUT2D eigenvalue weighted by Gasteiger charge is -2.36. The van der Waals surface area contributed by atoms with Crippen molar-refractivity contribution in [1.82, 2.24) is 0 Å².